The maximum absolute atomic E-state index is 6.22. The molecule has 0 saturated carbocycles. The zero-order chi connectivity index (χ0) is 13.7. The van der Waals surface area contributed by atoms with Gasteiger partial charge < -0.3 is 5.32 Å². The van der Waals surface area contributed by atoms with Crippen molar-refractivity contribution in [1.29, 1.82) is 0 Å². The normalized spacial score (nSPS) is 12.6. The summed E-state index contributed by atoms with van der Waals surface area (Å²) in [7, 11) is 0. The average Bonchev–Trinajstić information content (AvgIpc) is 2.82. The SMILES string of the molecule is CCNC(CSc1ccccc1Cl)c1sccc1Cl. The zero-order valence-corrected chi connectivity index (χ0v) is 13.7. The average molecular weight is 332 g/mol. The van der Waals surface area contributed by atoms with E-state index in [1.807, 2.05) is 35.7 Å². The van der Waals surface area contributed by atoms with Crippen molar-refractivity contribution in [3.63, 3.8) is 0 Å². The number of nitrogens with one attached hydrogen (secondary N) is 1. The van der Waals surface area contributed by atoms with Crippen molar-refractivity contribution in [2.75, 3.05) is 12.3 Å². The minimum absolute atomic E-state index is 0.263. The Balaban J connectivity index is 2.06. The van der Waals surface area contributed by atoms with Crippen LogP contribution in [0.3, 0.4) is 0 Å². The Bertz CT molecular complexity index is 528. The van der Waals surface area contributed by atoms with Gasteiger partial charge in [0, 0.05) is 15.5 Å². The maximum Gasteiger partial charge on any atom is 0.0561 e. The summed E-state index contributed by atoms with van der Waals surface area (Å²) < 4.78 is 0. The molecule has 2 aromatic rings. The van der Waals surface area contributed by atoms with E-state index in [4.69, 9.17) is 23.2 Å². The summed E-state index contributed by atoms with van der Waals surface area (Å²) in [4.78, 5) is 2.31. The molecule has 0 aliphatic heterocycles. The third-order valence-electron chi connectivity index (χ3n) is 2.65. The van der Waals surface area contributed by atoms with Crippen molar-refractivity contribution < 1.29 is 0 Å². The molecule has 0 saturated heterocycles. The first-order valence-electron chi connectivity index (χ1n) is 6.06. The van der Waals surface area contributed by atoms with Gasteiger partial charge in [0.05, 0.1) is 16.1 Å². The molecule has 1 aromatic carbocycles. The molecule has 0 spiro atoms. The van der Waals surface area contributed by atoms with Crippen LogP contribution in [0.25, 0.3) is 0 Å². The van der Waals surface area contributed by atoms with Crippen molar-refractivity contribution in [3.05, 3.63) is 50.6 Å². The summed E-state index contributed by atoms with van der Waals surface area (Å²) in [5, 5.41) is 7.16. The van der Waals surface area contributed by atoms with Gasteiger partial charge in [-0.3, -0.25) is 0 Å². The predicted octanol–water partition coefficient (Wildman–Crippen LogP) is 5.50. The van der Waals surface area contributed by atoms with E-state index < -0.39 is 0 Å². The Morgan fingerprint density at radius 3 is 2.63 bits per heavy atom. The molecule has 1 unspecified atom stereocenters. The van der Waals surface area contributed by atoms with E-state index in [0.717, 1.165) is 27.2 Å². The van der Waals surface area contributed by atoms with Gasteiger partial charge in [0.25, 0.3) is 0 Å². The fraction of sp³-hybridized carbons (Fsp3) is 0.286. The summed E-state index contributed by atoms with van der Waals surface area (Å²) in [6.07, 6.45) is 0. The Labute approximate surface area is 132 Å². The fourth-order valence-corrected chi connectivity index (χ4v) is 4.44. The van der Waals surface area contributed by atoms with E-state index in [9.17, 15) is 0 Å². The van der Waals surface area contributed by atoms with Crippen LogP contribution < -0.4 is 5.32 Å². The van der Waals surface area contributed by atoms with Gasteiger partial charge in [-0.05, 0) is 30.1 Å². The predicted molar refractivity (Wildman–Crippen MR) is 87.9 cm³/mol. The van der Waals surface area contributed by atoms with Gasteiger partial charge in [-0.2, -0.15) is 0 Å². The van der Waals surface area contributed by atoms with Crippen LogP contribution >= 0.6 is 46.3 Å². The number of thiophene rings is 1. The number of halogens is 2. The van der Waals surface area contributed by atoms with E-state index in [0.29, 0.717) is 0 Å². The van der Waals surface area contributed by atoms with Crippen LogP contribution in [0.5, 0.6) is 0 Å². The quantitative estimate of drug-likeness (QED) is 0.701. The Hall–Kier alpha value is -0.190. The number of thioether (sulfide) groups is 1. The smallest absolute Gasteiger partial charge is 0.0561 e. The lowest BCUT2D eigenvalue weighted by molar-refractivity contribution is 0.615. The molecular weight excluding hydrogens is 317 g/mol. The van der Waals surface area contributed by atoms with Gasteiger partial charge in [-0.1, -0.05) is 42.3 Å². The summed E-state index contributed by atoms with van der Waals surface area (Å²) in [6, 6.07) is 10.1. The monoisotopic (exact) mass is 331 g/mol. The molecule has 1 nitrogen and oxygen atoms in total. The Morgan fingerprint density at radius 2 is 2.00 bits per heavy atom. The van der Waals surface area contributed by atoms with Crippen LogP contribution in [-0.2, 0) is 0 Å². The highest BCUT2D eigenvalue weighted by Crippen LogP contribution is 2.34. The van der Waals surface area contributed by atoms with Gasteiger partial charge >= 0.3 is 0 Å². The molecule has 1 heterocycles. The molecule has 102 valence electrons. The van der Waals surface area contributed by atoms with E-state index in [2.05, 4.69) is 12.2 Å². The second-order valence-electron chi connectivity index (χ2n) is 3.98. The molecule has 1 aromatic heterocycles. The maximum atomic E-state index is 6.22. The lowest BCUT2D eigenvalue weighted by Crippen LogP contribution is -2.22. The fourth-order valence-electron chi connectivity index (χ4n) is 1.76. The Morgan fingerprint density at radius 1 is 1.21 bits per heavy atom. The molecule has 0 radical (unpaired) electrons. The third kappa shape index (κ3) is 4.14. The second-order valence-corrected chi connectivity index (χ2v) is 6.81. The van der Waals surface area contributed by atoms with Crippen LogP contribution in [0, 0.1) is 0 Å². The first-order chi connectivity index (χ1) is 9.22. The largest absolute Gasteiger partial charge is 0.309 e. The van der Waals surface area contributed by atoms with Crippen molar-refractivity contribution in [2.45, 2.75) is 17.9 Å². The van der Waals surface area contributed by atoms with Gasteiger partial charge in [0.2, 0.25) is 0 Å². The highest BCUT2D eigenvalue weighted by atomic mass is 35.5. The van der Waals surface area contributed by atoms with E-state index in [-0.39, 0.29) is 6.04 Å². The van der Waals surface area contributed by atoms with Crippen LogP contribution in [0.1, 0.15) is 17.8 Å². The molecule has 0 aliphatic rings. The molecule has 0 fully saturated rings. The van der Waals surface area contributed by atoms with Crippen molar-refractivity contribution in [3.8, 4) is 0 Å². The standard InChI is InChI=1S/C14H15Cl2NS2/c1-2-17-12(14-11(16)7-8-18-14)9-19-13-6-4-3-5-10(13)15/h3-8,12,17H,2,9H2,1H3. The molecule has 1 N–H and O–H groups in total. The van der Waals surface area contributed by atoms with Gasteiger partial charge in [-0.15, -0.1) is 23.1 Å². The number of hydrogen-bond donors (Lipinski definition) is 1. The lowest BCUT2D eigenvalue weighted by atomic mass is 10.3. The summed E-state index contributed by atoms with van der Waals surface area (Å²) in [5.74, 6) is 0.914. The van der Waals surface area contributed by atoms with Crippen LogP contribution in [0.4, 0.5) is 0 Å². The minimum atomic E-state index is 0.263. The van der Waals surface area contributed by atoms with Crippen LogP contribution in [-0.4, -0.2) is 12.3 Å². The molecular formula is C14H15Cl2NS2. The summed E-state index contributed by atoms with van der Waals surface area (Å²) in [6.45, 7) is 3.02. The van der Waals surface area contributed by atoms with Crippen LogP contribution in [0.15, 0.2) is 40.6 Å². The minimum Gasteiger partial charge on any atom is -0.309 e. The number of hydrogen-bond acceptors (Lipinski definition) is 3. The first-order valence-corrected chi connectivity index (χ1v) is 8.68. The molecule has 0 amide bonds. The Kier molecular flexibility index (Phi) is 6.05. The molecule has 0 aliphatic carbocycles. The summed E-state index contributed by atoms with van der Waals surface area (Å²) >= 11 is 15.8. The summed E-state index contributed by atoms with van der Waals surface area (Å²) in [5.41, 5.74) is 0. The van der Waals surface area contributed by atoms with Crippen LogP contribution in [0.2, 0.25) is 10.0 Å². The van der Waals surface area contributed by atoms with Gasteiger partial charge in [0.15, 0.2) is 0 Å². The topological polar surface area (TPSA) is 12.0 Å². The molecule has 19 heavy (non-hydrogen) atoms. The van der Waals surface area contributed by atoms with E-state index >= 15 is 0 Å². The lowest BCUT2D eigenvalue weighted by Gasteiger charge is -2.17. The van der Waals surface area contributed by atoms with Crippen molar-refractivity contribution in [1.82, 2.24) is 5.32 Å². The van der Waals surface area contributed by atoms with Gasteiger partial charge in [-0.25, -0.2) is 0 Å². The number of benzene rings is 1. The number of rotatable bonds is 6. The second kappa shape index (κ2) is 7.55. The van der Waals surface area contributed by atoms with Crippen molar-refractivity contribution >= 4 is 46.3 Å². The highest BCUT2D eigenvalue weighted by Gasteiger charge is 2.16. The zero-order valence-electron chi connectivity index (χ0n) is 10.5. The molecule has 5 heteroatoms. The van der Waals surface area contributed by atoms with E-state index in [1.165, 1.54) is 4.88 Å². The third-order valence-corrected chi connectivity index (χ3v) is 5.73. The van der Waals surface area contributed by atoms with Crippen molar-refractivity contribution in [2.24, 2.45) is 0 Å². The molecule has 0 bridgehead atoms. The van der Waals surface area contributed by atoms with E-state index in [1.54, 1.807) is 23.1 Å². The highest BCUT2D eigenvalue weighted by molar-refractivity contribution is 7.99. The first kappa shape index (κ1) is 15.2. The molecule has 2 rings (SSSR count). The van der Waals surface area contributed by atoms with Gasteiger partial charge in [0.1, 0.15) is 0 Å². The molecule has 1 atom stereocenters.